The summed E-state index contributed by atoms with van der Waals surface area (Å²) in [6.45, 7) is 6.02. The minimum absolute atomic E-state index is 0.757. The van der Waals surface area contributed by atoms with Gasteiger partial charge in [0, 0.05) is 18.6 Å². The van der Waals surface area contributed by atoms with Gasteiger partial charge < -0.3 is 5.32 Å². The van der Waals surface area contributed by atoms with Crippen molar-refractivity contribution in [2.75, 3.05) is 13.1 Å². The van der Waals surface area contributed by atoms with Crippen LogP contribution in [0, 0.1) is 5.92 Å². The molecule has 0 radical (unpaired) electrons. The summed E-state index contributed by atoms with van der Waals surface area (Å²) in [7, 11) is 0. The highest BCUT2D eigenvalue weighted by Gasteiger charge is 2.24. The second kappa shape index (κ2) is 7.42. The number of hydrogen-bond donors (Lipinski definition) is 1. The predicted octanol–water partition coefficient (Wildman–Crippen LogP) is 3.82. The average Bonchev–Trinajstić information content (AvgIpc) is 2.50. The minimum Gasteiger partial charge on any atom is -0.311 e. The molecule has 0 aromatic heterocycles. The van der Waals surface area contributed by atoms with Crippen molar-refractivity contribution in [2.24, 2.45) is 5.92 Å². The summed E-state index contributed by atoms with van der Waals surface area (Å²) in [6, 6.07) is 12.4. The zero-order chi connectivity index (χ0) is 14.5. The Morgan fingerprint density at radius 3 is 2.48 bits per heavy atom. The second-order valence-electron chi connectivity index (χ2n) is 7.17. The lowest BCUT2D eigenvalue weighted by molar-refractivity contribution is 0.172. The fourth-order valence-electron chi connectivity index (χ4n) is 4.02. The third-order valence-electron chi connectivity index (χ3n) is 5.24. The van der Waals surface area contributed by atoms with E-state index in [9.17, 15) is 0 Å². The molecule has 116 valence electrons. The van der Waals surface area contributed by atoms with E-state index < -0.39 is 0 Å². The fourth-order valence-corrected chi connectivity index (χ4v) is 4.02. The molecule has 21 heavy (non-hydrogen) atoms. The maximum atomic E-state index is 3.95. The van der Waals surface area contributed by atoms with Gasteiger partial charge in [0.25, 0.3) is 0 Å². The summed E-state index contributed by atoms with van der Waals surface area (Å²) in [5, 5.41) is 3.95. The minimum atomic E-state index is 0.757. The van der Waals surface area contributed by atoms with Crippen LogP contribution in [0.4, 0.5) is 0 Å². The van der Waals surface area contributed by atoms with Crippen LogP contribution < -0.4 is 5.32 Å². The fraction of sp³-hybridized carbons (Fsp3) is 0.684. The first kappa shape index (κ1) is 15.1. The number of hydrogen-bond acceptors (Lipinski definition) is 2. The van der Waals surface area contributed by atoms with Crippen molar-refractivity contribution in [3.8, 4) is 0 Å². The van der Waals surface area contributed by atoms with E-state index in [0.717, 1.165) is 24.5 Å². The van der Waals surface area contributed by atoms with Crippen LogP contribution in [-0.4, -0.2) is 30.1 Å². The van der Waals surface area contributed by atoms with Crippen LogP contribution in [0.25, 0.3) is 0 Å². The monoisotopic (exact) mass is 286 g/mol. The summed E-state index contributed by atoms with van der Waals surface area (Å²) in [5.41, 5.74) is 1.45. The Hall–Kier alpha value is -0.860. The largest absolute Gasteiger partial charge is 0.311 e. The molecule has 1 N–H and O–H groups in total. The van der Waals surface area contributed by atoms with Crippen molar-refractivity contribution in [2.45, 2.75) is 64.1 Å². The van der Waals surface area contributed by atoms with Gasteiger partial charge in [0.15, 0.2) is 0 Å². The van der Waals surface area contributed by atoms with E-state index in [1.807, 2.05) is 0 Å². The zero-order valence-corrected chi connectivity index (χ0v) is 13.4. The van der Waals surface area contributed by atoms with Gasteiger partial charge in [-0.3, -0.25) is 4.90 Å². The summed E-state index contributed by atoms with van der Waals surface area (Å²) < 4.78 is 0. The van der Waals surface area contributed by atoms with Gasteiger partial charge in [0.05, 0.1) is 0 Å². The van der Waals surface area contributed by atoms with Crippen LogP contribution in [0.15, 0.2) is 30.3 Å². The third kappa shape index (κ3) is 4.55. The van der Waals surface area contributed by atoms with Crippen molar-refractivity contribution < 1.29 is 0 Å². The molecule has 1 saturated carbocycles. The molecule has 1 heterocycles. The van der Waals surface area contributed by atoms with Gasteiger partial charge in [-0.05, 0) is 50.3 Å². The van der Waals surface area contributed by atoms with Crippen molar-refractivity contribution in [1.29, 1.82) is 0 Å². The van der Waals surface area contributed by atoms with Gasteiger partial charge in [-0.1, -0.05) is 50.1 Å². The molecule has 2 fully saturated rings. The zero-order valence-electron chi connectivity index (χ0n) is 13.4. The molecule has 1 saturated heterocycles. The average molecular weight is 286 g/mol. The SMILES string of the molecule is CC1CCCC(NC2CCN(Cc3ccccc3)CC2)C1. The van der Waals surface area contributed by atoms with E-state index >= 15 is 0 Å². The van der Waals surface area contributed by atoms with Gasteiger partial charge in [-0.25, -0.2) is 0 Å². The van der Waals surface area contributed by atoms with Crippen LogP contribution in [0.3, 0.4) is 0 Å². The van der Waals surface area contributed by atoms with Crippen molar-refractivity contribution in [3.63, 3.8) is 0 Å². The first-order chi connectivity index (χ1) is 10.3. The standard InChI is InChI=1S/C19H30N2/c1-16-6-5-9-19(14-16)20-18-10-12-21(13-11-18)15-17-7-3-2-4-8-17/h2-4,7-8,16,18-20H,5-6,9-15H2,1H3. The van der Waals surface area contributed by atoms with Gasteiger partial charge in [0.1, 0.15) is 0 Å². The molecule has 0 amide bonds. The molecule has 2 aliphatic rings. The number of piperidine rings is 1. The van der Waals surface area contributed by atoms with Gasteiger partial charge >= 0.3 is 0 Å². The smallest absolute Gasteiger partial charge is 0.0233 e. The van der Waals surface area contributed by atoms with E-state index in [2.05, 4.69) is 47.5 Å². The highest BCUT2D eigenvalue weighted by molar-refractivity contribution is 5.14. The third-order valence-corrected chi connectivity index (χ3v) is 5.24. The number of likely N-dealkylation sites (tertiary alicyclic amines) is 1. The highest BCUT2D eigenvalue weighted by Crippen LogP contribution is 2.25. The summed E-state index contributed by atoms with van der Waals surface area (Å²) in [5.74, 6) is 0.925. The molecule has 1 aromatic rings. The van der Waals surface area contributed by atoms with E-state index in [-0.39, 0.29) is 0 Å². The molecule has 1 aliphatic heterocycles. The summed E-state index contributed by atoms with van der Waals surface area (Å²) in [6.07, 6.45) is 8.29. The molecule has 1 aromatic carbocycles. The lowest BCUT2D eigenvalue weighted by Crippen LogP contribution is -2.47. The molecular formula is C19H30N2. The Labute approximate surface area is 129 Å². The first-order valence-corrected chi connectivity index (χ1v) is 8.82. The number of benzene rings is 1. The first-order valence-electron chi connectivity index (χ1n) is 8.82. The molecule has 0 bridgehead atoms. The maximum absolute atomic E-state index is 3.95. The van der Waals surface area contributed by atoms with Crippen LogP contribution in [0.5, 0.6) is 0 Å². The second-order valence-corrected chi connectivity index (χ2v) is 7.17. The van der Waals surface area contributed by atoms with Crippen molar-refractivity contribution >= 4 is 0 Å². The highest BCUT2D eigenvalue weighted by atomic mass is 15.1. The van der Waals surface area contributed by atoms with Gasteiger partial charge in [-0.2, -0.15) is 0 Å². The molecule has 3 rings (SSSR count). The van der Waals surface area contributed by atoms with Crippen LogP contribution in [0.2, 0.25) is 0 Å². The number of nitrogens with zero attached hydrogens (tertiary/aromatic N) is 1. The topological polar surface area (TPSA) is 15.3 Å². The Morgan fingerprint density at radius 2 is 1.76 bits per heavy atom. The Morgan fingerprint density at radius 1 is 1.00 bits per heavy atom. The summed E-state index contributed by atoms with van der Waals surface area (Å²) >= 11 is 0. The quantitative estimate of drug-likeness (QED) is 0.905. The van der Waals surface area contributed by atoms with Crippen LogP contribution in [0.1, 0.15) is 51.0 Å². The van der Waals surface area contributed by atoms with Gasteiger partial charge in [0.2, 0.25) is 0 Å². The van der Waals surface area contributed by atoms with Crippen molar-refractivity contribution in [1.82, 2.24) is 10.2 Å². The predicted molar refractivity (Wildman–Crippen MR) is 89.3 cm³/mol. The number of rotatable bonds is 4. The van der Waals surface area contributed by atoms with Crippen LogP contribution >= 0.6 is 0 Å². The van der Waals surface area contributed by atoms with E-state index in [4.69, 9.17) is 0 Å². The molecule has 0 spiro atoms. The molecular weight excluding hydrogens is 256 g/mol. The Kier molecular flexibility index (Phi) is 5.32. The normalized spacial score (nSPS) is 28.6. The van der Waals surface area contributed by atoms with E-state index in [1.165, 1.54) is 57.2 Å². The van der Waals surface area contributed by atoms with Crippen molar-refractivity contribution in [3.05, 3.63) is 35.9 Å². The maximum Gasteiger partial charge on any atom is 0.0233 e. The molecule has 1 aliphatic carbocycles. The Balaban J connectivity index is 1.40. The molecule has 2 unspecified atom stereocenters. The number of nitrogens with one attached hydrogen (secondary N) is 1. The lowest BCUT2D eigenvalue weighted by Gasteiger charge is -2.36. The summed E-state index contributed by atoms with van der Waals surface area (Å²) in [4.78, 5) is 2.61. The van der Waals surface area contributed by atoms with Crippen LogP contribution in [-0.2, 0) is 6.54 Å². The molecule has 2 heteroatoms. The van der Waals surface area contributed by atoms with Gasteiger partial charge in [-0.15, -0.1) is 0 Å². The molecule has 2 nitrogen and oxygen atoms in total. The Bertz CT molecular complexity index is 409. The molecule has 2 atom stereocenters. The van der Waals surface area contributed by atoms with E-state index in [0.29, 0.717) is 0 Å². The lowest BCUT2D eigenvalue weighted by atomic mass is 9.86. The van der Waals surface area contributed by atoms with E-state index in [1.54, 1.807) is 0 Å².